The Morgan fingerprint density at radius 2 is 1.84 bits per heavy atom. The fourth-order valence-corrected chi connectivity index (χ4v) is 3.58. The van der Waals surface area contributed by atoms with Gasteiger partial charge in [-0.05, 0) is 37.0 Å². The Bertz CT molecular complexity index is 765. The van der Waals surface area contributed by atoms with E-state index in [1.807, 2.05) is 12.1 Å². The van der Waals surface area contributed by atoms with Crippen molar-refractivity contribution in [3.05, 3.63) is 29.3 Å². The fraction of sp³-hybridized carbons (Fsp3) is 0.600. The topological polar surface area (TPSA) is 72.6 Å². The first-order valence-corrected chi connectivity index (χ1v) is 9.43. The maximum atomic E-state index is 10.7. The highest BCUT2D eigenvalue weighted by atomic mass is 35.5. The van der Waals surface area contributed by atoms with Crippen LogP contribution < -0.4 is 0 Å². The molecule has 3 rings (SSSR count). The first-order chi connectivity index (χ1) is 11.3. The van der Waals surface area contributed by atoms with E-state index in [1.165, 1.54) is 19.3 Å². The first kappa shape index (κ1) is 20.1. The van der Waals surface area contributed by atoms with Crippen LogP contribution in [0.4, 0.5) is 18.9 Å². The number of halogens is 4. The number of benzene rings is 1. The molecule has 2 aliphatic rings. The summed E-state index contributed by atoms with van der Waals surface area (Å²) >= 11 is 5.93. The van der Waals surface area contributed by atoms with Crippen molar-refractivity contribution < 1.29 is 30.8 Å². The normalized spacial score (nSPS) is 28.8. The highest BCUT2D eigenvalue weighted by Gasteiger charge is 2.54. The summed E-state index contributed by atoms with van der Waals surface area (Å²) in [5.74, 6) is 0.707. The second-order valence-electron chi connectivity index (χ2n) is 6.42. The Morgan fingerprint density at radius 1 is 1.32 bits per heavy atom. The third-order valence-electron chi connectivity index (χ3n) is 4.68. The molecule has 0 unspecified atom stereocenters. The minimum Gasteiger partial charge on any atom is -0.741 e. The van der Waals surface area contributed by atoms with Gasteiger partial charge in [-0.15, -0.1) is 0 Å². The van der Waals surface area contributed by atoms with Gasteiger partial charge in [0.2, 0.25) is 5.69 Å². The first-order valence-electron chi connectivity index (χ1n) is 7.65. The van der Waals surface area contributed by atoms with Gasteiger partial charge >= 0.3 is 5.51 Å². The summed E-state index contributed by atoms with van der Waals surface area (Å²) in [4.78, 5) is 0. The molecule has 0 aromatic heterocycles. The number of rotatable bonds is 1. The minimum atomic E-state index is -6.09. The summed E-state index contributed by atoms with van der Waals surface area (Å²) in [6.07, 6.45) is 3.86. The molecular weight excluding hydrogens is 381 g/mol. The third kappa shape index (κ3) is 4.32. The number of hydrogen-bond acceptors (Lipinski definition) is 4. The van der Waals surface area contributed by atoms with Crippen LogP contribution in [0, 0.1) is 5.92 Å². The van der Waals surface area contributed by atoms with Crippen LogP contribution in [0.25, 0.3) is 0 Å². The Hall–Kier alpha value is -1.19. The van der Waals surface area contributed by atoms with E-state index in [1.54, 1.807) is 0 Å². The molecule has 10 heteroatoms. The predicted molar refractivity (Wildman–Crippen MR) is 84.8 cm³/mol. The summed E-state index contributed by atoms with van der Waals surface area (Å²) in [5, 5.41) is 5.74. The molecule has 0 N–H and O–H groups in total. The molecule has 3 atom stereocenters. The molecule has 1 aliphatic carbocycles. The minimum absolute atomic E-state index is 0.166. The quantitative estimate of drug-likeness (QED) is 0.398. The Balaban J connectivity index is 0.000000242. The molecule has 0 amide bonds. The van der Waals surface area contributed by atoms with Crippen LogP contribution in [-0.2, 0) is 10.1 Å². The number of hydrogen-bond donors (Lipinski definition) is 0. The lowest BCUT2D eigenvalue weighted by atomic mass is 9.86. The molecular formula is C15H18ClF3N2O3S. The third-order valence-corrected chi connectivity index (χ3v) is 5.49. The van der Waals surface area contributed by atoms with Gasteiger partial charge in [-0.3, -0.25) is 0 Å². The van der Waals surface area contributed by atoms with E-state index in [0.717, 1.165) is 10.7 Å². The SMILES string of the molecule is C[C@@H]1[C@@H]2CCC[C@]2(C)N=[N+]1c1ccc(Cl)cc1.O=S(=O)([O-])C(F)(F)F. The number of azo groups is 2. The molecule has 0 bridgehead atoms. The van der Waals surface area contributed by atoms with Crippen molar-refractivity contribution in [3.8, 4) is 0 Å². The predicted octanol–water partition coefficient (Wildman–Crippen LogP) is 4.45. The second kappa shape index (κ2) is 6.85. The Labute approximate surface area is 149 Å². The fourth-order valence-electron chi connectivity index (χ4n) is 3.46. The van der Waals surface area contributed by atoms with Crippen molar-refractivity contribution in [1.82, 2.24) is 0 Å². The zero-order valence-corrected chi connectivity index (χ0v) is 15.2. The molecule has 25 heavy (non-hydrogen) atoms. The Morgan fingerprint density at radius 3 is 2.28 bits per heavy atom. The average molecular weight is 399 g/mol. The van der Waals surface area contributed by atoms with Crippen LogP contribution in [0.5, 0.6) is 0 Å². The highest BCUT2D eigenvalue weighted by molar-refractivity contribution is 7.86. The van der Waals surface area contributed by atoms with Gasteiger partial charge < -0.3 is 4.55 Å². The van der Waals surface area contributed by atoms with Crippen molar-refractivity contribution in [2.45, 2.75) is 50.2 Å². The van der Waals surface area contributed by atoms with E-state index < -0.39 is 15.6 Å². The summed E-state index contributed by atoms with van der Waals surface area (Å²) in [6.45, 7) is 4.59. The molecule has 1 fully saturated rings. The molecule has 140 valence electrons. The molecule has 5 nitrogen and oxygen atoms in total. The molecule has 1 aromatic rings. The molecule has 1 saturated carbocycles. The van der Waals surface area contributed by atoms with Crippen LogP contribution >= 0.6 is 11.6 Å². The zero-order valence-electron chi connectivity index (χ0n) is 13.6. The summed E-state index contributed by atoms with van der Waals surface area (Å²) < 4.78 is 61.1. The van der Waals surface area contributed by atoms with Crippen molar-refractivity contribution in [3.63, 3.8) is 0 Å². The number of alkyl halides is 3. The van der Waals surface area contributed by atoms with Crippen LogP contribution in [0.2, 0.25) is 5.02 Å². The van der Waals surface area contributed by atoms with Gasteiger partial charge in [0.25, 0.3) is 0 Å². The lowest BCUT2D eigenvalue weighted by molar-refractivity contribution is -0.539. The van der Waals surface area contributed by atoms with Gasteiger partial charge in [-0.1, -0.05) is 22.7 Å². The van der Waals surface area contributed by atoms with Gasteiger partial charge in [0, 0.05) is 24.1 Å². The second-order valence-corrected chi connectivity index (χ2v) is 8.22. The molecule has 1 aliphatic heterocycles. The van der Waals surface area contributed by atoms with Crippen molar-refractivity contribution in [2.24, 2.45) is 11.0 Å². The molecule has 0 saturated heterocycles. The maximum absolute atomic E-state index is 10.7. The molecule has 1 heterocycles. The highest BCUT2D eigenvalue weighted by Crippen LogP contribution is 2.47. The van der Waals surface area contributed by atoms with Gasteiger partial charge in [0.1, 0.15) is 5.54 Å². The summed E-state index contributed by atoms with van der Waals surface area (Å²) in [6, 6.07) is 8.51. The smallest absolute Gasteiger partial charge is 0.485 e. The van der Waals surface area contributed by atoms with Gasteiger partial charge in [-0.25, -0.2) is 8.42 Å². The van der Waals surface area contributed by atoms with Crippen molar-refractivity contribution in [1.29, 1.82) is 0 Å². The van der Waals surface area contributed by atoms with Crippen molar-refractivity contribution in [2.75, 3.05) is 0 Å². The number of fused-ring (bicyclic) bond motifs is 1. The van der Waals surface area contributed by atoms with Crippen LogP contribution in [0.3, 0.4) is 0 Å². The van der Waals surface area contributed by atoms with Gasteiger partial charge in [-0.2, -0.15) is 13.2 Å². The molecule has 1 aromatic carbocycles. The van der Waals surface area contributed by atoms with E-state index >= 15 is 0 Å². The largest absolute Gasteiger partial charge is 0.741 e. The van der Waals surface area contributed by atoms with E-state index in [9.17, 15) is 13.2 Å². The Kier molecular flexibility index (Phi) is 5.51. The van der Waals surface area contributed by atoms with Crippen LogP contribution in [-0.4, -0.2) is 34.8 Å². The van der Waals surface area contributed by atoms with E-state index in [-0.39, 0.29) is 5.54 Å². The summed E-state index contributed by atoms with van der Waals surface area (Å²) in [5.41, 5.74) is -4.32. The molecule has 0 radical (unpaired) electrons. The lowest BCUT2D eigenvalue weighted by Crippen LogP contribution is -2.29. The lowest BCUT2D eigenvalue weighted by Gasteiger charge is -2.15. The number of nitrogens with zero attached hydrogens (tertiary/aromatic N) is 2. The maximum Gasteiger partial charge on any atom is 0.485 e. The zero-order chi connectivity index (χ0) is 19.0. The van der Waals surface area contributed by atoms with Crippen molar-refractivity contribution >= 4 is 27.4 Å². The van der Waals surface area contributed by atoms with E-state index in [0.29, 0.717) is 12.0 Å². The van der Waals surface area contributed by atoms with E-state index in [2.05, 4.69) is 30.7 Å². The monoisotopic (exact) mass is 398 g/mol. The van der Waals surface area contributed by atoms with Crippen LogP contribution in [0.1, 0.15) is 33.1 Å². The molecule has 0 spiro atoms. The summed E-state index contributed by atoms with van der Waals surface area (Å²) in [7, 11) is -6.09. The average Bonchev–Trinajstić information content (AvgIpc) is 2.95. The standard InChI is InChI=1S/C14H18ClN2.CHF3O3S/c1-10-13-4-3-9-14(13,2)16-17(10)12-7-5-11(15)6-8-12;2-1(3,4)8(5,6)7/h5-8,10,13H,3-4,9H2,1-2H3;(H,5,6,7)/q+1;/p-1/t10-,13+,14+;/m1./s1. The van der Waals surface area contributed by atoms with E-state index in [4.69, 9.17) is 29.7 Å². The van der Waals surface area contributed by atoms with Gasteiger partial charge in [0.05, 0.1) is 5.92 Å². The van der Waals surface area contributed by atoms with Crippen LogP contribution in [0.15, 0.2) is 29.4 Å². The van der Waals surface area contributed by atoms with Gasteiger partial charge in [0.15, 0.2) is 16.2 Å².